The van der Waals surface area contributed by atoms with Crippen LogP contribution in [0.5, 0.6) is 0 Å². The van der Waals surface area contributed by atoms with Gasteiger partial charge in [0.25, 0.3) is 10.0 Å². The van der Waals surface area contributed by atoms with Gasteiger partial charge in [-0.2, -0.15) is 0 Å². The van der Waals surface area contributed by atoms with Crippen molar-refractivity contribution in [1.82, 2.24) is 10.2 Å². The summed E-state index contributed by atoms with van der Waals surface area (Å²) in [5.74, 6) is -0.844. The van der Waals surface area contributed by atoms with Crippen LogP contribution >= 0.6 is 27.5 Å². The van der Waals surface area contributed by atoms with Gasteiger partial charge in [-0.1, -0.05) is 45.7 Å². The maximum atomic E-state index is 13.9. The Bertz CT molecular complexity index is 1450. The summed E-state index contributed by atoms with van der Waals surface area (Å²) < 4.78 is 29.7. The average Bonchev–Trinajstić information content (AvgIpc) is 2.87. The summed E-state index contributed by atoms with van der Waals surface area (Å²) in [6.07, 6.45) is 0. The van der Waals surface area contributed by atoms with Crippen molar-refractivity contribution in [2.24, 2.45) is 0 Å². The lowest BCUT2D eigenvalue weighted by Gasteiger charge is -2.32. The molecule has 208 valence electrons. The van der Waals surface area contributed by atoms with Gasteiger partial charge >= 0.3 is 0 Å². The van der Waals surface area contributed by atoms with Crippen LogP contribution in [0.3, 0.4) is 0 Å². The van der Waals surface area contributed by atoms with E-state index in [9.17, 15) is 18.0 Å². The van der Waals surface area contributed by atoms with Crippen molar-refractivity contribution in [3.63, 3.8) is 0 Å². The molecule has 2 amide bonds. The number of nitrogens with zero attached hydrogens (tertiary/aromatic N) is 2. The first-order valence-electron chi connectivity index (χ1n) is 12.5. The van der Waals surface area contributed by atoms with Crippen LogP contribution in [0.25, 0.3) is 0 Å². The van der Waals surface area contributed by atoms with E-state index in [0.717, 1.165) is 25.5 Å². The number of carbonyl (C=O) groups is 2. The highest BCUT2D eigenvalue weighted by Crippen LogP contribution is 2.27. The molecule has 0 fully saturated rings. The summed E-state index contributed by atoms with van der Waals surface area (Å²) in [6.45, 7) is 8.74. The van der Waals surface area contributed by atoms with Crippen LogP contribution in [0.15, 0.2) is 76.1 Å². The third-order valence-electron chi connectivity index (χ3n) is 6.30. The second kappa shape index (κ2) is 13.0. The largest absolute Gasteiger partial charge is 0.352 e. The van der Waals surface area contributed by atoms with E-state index in [1.54, 1.807) is 19.1 Å². The molecule has 0 unspecified atom stereocenters. The molecule has 0 aliphatic heterocycles. The molecule has 0 aliphatic rings. The molecule has 3 aromatic carbocycles. The van der Waals surface area contributed by atoms with Gasteiger partial charge in [0.1, 0.15) is 12.6 Å². The van der Waals surface area contributed by atoms with Crippen LogP contribution < -0.4 is 9.62 Å². The lowest BCUT2D eigenvalue weighted by Crippen LogP contribution is -2.52. The molecule has 0 saturated heterocycles. The number of hydrogen-bond donors (Lipinski definition) is 1. The van der Waals surface area contributed by atoms with Crippen LogP contribution in [0, 0.1) is 13.8 Å². The van der Waals surface area contributed by atoms with E-state index in [1.807, 2.05) is 58.0 Å². The topological polar surface area (TPSA) is 86.8 Å². The Labute approximate surface area is 244 Å². The monoisotopic (exact) mass is 633 g/mol. The van der Waals surface area contributed by atoms with E-state index in [0.29, 0.717) is 10.7 Å². The number of aryl methyl sites for hydroxylation is 2. The zero-order valence-electron chi connectivity index (χ0n) is 22.6. The van der Waals surface area contributed by atoms with Gasteiger partial charge < -0.3 is 10.2 Å². The molecule has 10 heteroatoms. The molecule has 3 rings (SSSR count). The van der Waals surface area contributed by atoms with Gasteiger partial charge in [0.15, 0.2) is 0 Å². The van der Waals surface area contributed by atoms with Gasteiger partial charge in [-0.3, -0.25) is 13.9 Å². The second-order valence-corrected chi connectivity index (χ2v) is 12.9. The first-order valence-corrected chi connectivity index (χ1v) is 15.1. The molecule has 0 bridgehead atoms. The van der Waals surface area contributed by atoms with E-state index in [2.05, 4.69) is 21.2 Å². The maximum Gasteiger partial charge on any atom is 0.264 e. The number of sulfonamides is 1. The summed E-state index contributed by atoms with van der Waals surface area (Å²) in [4.78, 5) is 28.3. The quantitative estimate of drug-likeness (QED) is 0.303. The molecule has 39 heavy (non-hydrogen) atoms. The minimum absolute atomic E-state index is 0.00191. The van der Waals surface area contributed by atoms with Gasteiger partial charge in [-0.25, -0.2) is 8.42 Å². The predicted molar refractivity (Wildman–Crippen MR) is 159 cm³/mol. The van der Waals surface area contributed by atoms with Crippen molar-refractivity contribution in [2.45, 2.75) is 58.1 Å². The Kier molecular flexibility index (Phi) is 10.2. The van der Waals surface area contributed by atoms with Gasteiger partial charge in [0.2, 0.25) is 11.8 Å². The molecule has 0 radical (unpaired) electrons. The average molecular weight is 635 g/mol. The smallest absolute Gasteiger partial charge is 0.264 e. The molecule has 7 nitrogen and oxygen atoms in total. The number of hydrogen-bond acceptors (Lipinski definition) is 4. The van der Waals surface area contributed by atoms with Crippen molar-refractivity contribution in [3.05, 3.63) is 92.9 Å². The fourth-order valence-corrected chi connectivity index (χ4v) is 5.94. The molecule has 0 heterocycles. The molecule has 0 aromatic heterocycles. The van der Waals surface area contributed by atoms with Crippen molar-refractivity contribution in [3.8, 4) is 0 Å². The molecule has 0 aliphatic carbocycles. The predicted octanol–water partition coefficient (Wildman–Crippen LogP) is 5.86. The molecule has 1 N–H and O–H groups in total. The molecule has 1 atom stereocenters. The summed E-state index contributed by atoms with van der Waals surface area (Å²) in [5, 5.41) is 3.24. The minimum atomic E-state index is -4.15. The van der Waals surface area contributed by atoms with Crippen molar-refractivity contribution >= 4 is 55.1 Å². The van der Waals surface area contributed by atoms with E-state index in [-0.39, 0.29) is 23.4 Å². The molecule has 0 spiro atoms. The molecular formula is C29H33BrClN3O4S. The van der Waals surface area contributed by atoms with E-state index in [1.165, 1.54) is 29.2 Å². The Hall–Kier alpha value is -2.88. The summed E-state index contributed by atoms with van der Waals surface area (Å²) in [7, 11) is -4.15. The molecule has 3 aromatic rings. The summed E-state index contributed by atoms with van der Waals surface area (Å²) in [6, 6.07) is 17.5. The standard InChI is InChI=1S/C29H33BrClN3O4S/c1-19(2)32-29(36)22(5)33(17-23-7-6-8-24(30)16-23)28(35)18-34(26-12-9-20(3)21(4)15-26)39(37,38)27-13-10-25(31)11-14-27/h6-16,19,22H,17-18H2,1-5H3,(H,32,36)/t22-/m1/s1. The fourth-order valence-electron chi connectivity index (χ4n) is 3.96. The number of nitrogens with one attached hydrogen (secondary N) is 1. The Morgan fingerprint density at radius 2 is 1.62 bits per heavy atom. The highest BCUT2D eigenvalue weighted by molar-refractivity contribution is 9.10. The van der Waals surface area contributed by atoms with Crippen LogP contribution in [-0.2, 0) is 26.2 Å². The highest BCUT2D eigenvalue weighted by Gasteiger charge is 2.32. The Morgan fingerprint density at radius 3 is 2.21 bits per heavy atom. The number of rotatable bonds is 10. The van der Waals surface area contributed by atoms with Gasteiger partial charge in [0, 0.05) is 22.1 Å². The number of carbonyl (C=O) groups excluding carboxylic acids is 2. The summed E-state index contributed by atoms with van der Waals surface area (Å²) >= 11 is 9.45. The Balaban J connectivity index is 2.06. The first-order chi connectivity index (χ1) is 18.3. The number of halogens is 2. The van der Waals surface area contributed by atoms with Crippen LogP contribution in [-0.4, -0.2) is 43.8 Å². The fraction of sp³-hybridized carbons (Fsp3) is 0.310. The minimum Gasteiger partial charge on any atom is -0.352 e. The summed E-state index contributed by atoms with van der Waals surface area (Å²) in [5.41, 5.74) is 3.01. The van der Waals surface area contributed by atoms with Crippen LogP contribution in [0.2, 0.25) is 5.02 Å². The van der Waals surface area contributed by atoms with Crippen molar-refractivity contribution in [1.29, 1.82) is 0 Å². The van der Waals surface area contributed by atoms with Crippen molar-refractivity contribution in [2.75, 3.05) is 10.8 Å². The number of anilines is 1. The van der Waals surface area contributed by atoms with Gasteiger partial charge in [0.05, 0.1) is 10.6 Å². The van der Waals surface area contributed by atoms with E-state index >= 15 is 0 Å². The number of benzene rings is 3. The van der Waals surface area contributed by atoms with Gasteiger partial charge in [-0.15, -0.1) is 0 Å². The van der Waals surface area contributed by atoms with Gasteiger partial charge in [-0.05, 0) is 99.8 Å². The third kappa shape index (κ3) is 7.84. The van der Waals surface area contributed by atoms with Crippen LogP contribution in [0.4, 0.5) is 5.69 Å². The Morgan fingerprint density at radius 1 is 0.949 bits per heavy atom. The molecule has 0 saturated carbocycles. The van der Waals surface area contributed by atoms with E-state index in [4.69, 9.17) is 11.6 Å². The SMILES string of the molecule is Cc1ccc(N(CC(=O)N(Cc2cccc(Br)c2)[C@H](C)C(=O)NC(C)C)S(=O)(=O)c2ccc(Cl)cc2)cc1C. The zero-order chi connectivity index (χ0) is 28.9. The first kappa shape index (κ1) is 30.7. The number of amides is 2. The lowest BCUT2D eigenvalue weighted by atomic mass is 10.1. The third-order valence-corrected chi connectivity index (χ3v) is 8.83. The lowest BCUT2D eigenvalue weighted by molar-refractivity contribution is -0.139. The normalized spacial score (nSPS) is 12.2. The maximum absolute atomic E-state index is 13.9. The zero-order valence-corrected chi connectivity index (χ0v) is 25.8. The van der Waals surface area contributed by atoms with E-state index < -0.39 is 28.5 Å². The highest BCUT2D eigenvalue weighted by atomic mass is 79.9. The van der Waals surface area contributed by atoms with Crippen molar-refractivity contribution < 1.29 is 18.0 Å². The second-order valence-electron chi connectivity index (χ2n) is 9.72. The van der Waals surface area contributed by atoms with Crippen LogP contribution in [0.1, 0.15) is 37.5 Å². The molecular weight excluding hydrogens is 602 g/mol.